The van der Waals surface area contributed by atoms with Gasteiger partial charge in [0.25, 0.3) is 0 Å². The van der Waals surface area contributed by atoms with Crippen LogP contribution in [0.15, 0.2) is 18.2 Å². The van der Waals surface area contributed by atoms with Crippen molar-refractivity contribution in [1.29, 1.82) is 0 Å². The minimum Gasteiger partial charge on any atom is -0.378 e. The van der Waals surface area contributed by atoms with Gasteiger partial charge in [-0.15, -0.1) is 0 Å². The summed E-state index contributed by atoms with van der Waals surface area (Å²) in [7, 11) is 1.88. The Hall–Kier alpha value is -1.00. The summed E-state index contributed by atoms with van der Waals surface area (Å²) in [5, 5.41) is 3.16. The highest BCUT2D eigenvalue weighted by molar-refractivity contribution is 5.21. The number of benzene rings is 1. The van der Waals surface area contributed by atoms with Crippen LogP contribution in [-0.4, -0.2) is 26.3 Å². The average molecular weight is 255 g/mol. The van der Waals surface area contributed by atoms with E-state index in [4.69, 9.17) is 4.74 Å². The van der Waals surface area contributed by atoms with Crippen molar-refractivity contribution in [2.75, 3.05) is 20.2 Å². The van der Waals surface area contributed by atoms with Crippen LogP contribution in [-0.2, 0) is 11.2 Å². The summed E-state index contributed by atoms with van der Waals surface area (Å²) in [5.74, 6) is -1.00. The third-order valence-electron chi connectivity index (χ3n) is 3.92. The second-order valence-electron chi connectivity index (χ2n) is 5.07. The molecule has 2 rings (SSSR count). The van der Waals surface area contributed by atoms with Crippen molar-refractivity contribution >= 4 is 0 Å². The lowest BCUT2D eigenvalue weighted by atomic mass is 9.76. The lowest BCUT2D eigenvalue weighted by Gasteiger charge is -2.32. The fraction of sp³-hybridized carbons (Fsp3) is 0.571. The molecule has 2 nitrogen and oxygen atoms in total. The Morgan fingerprint density at radius 2 is 2.22 bits per heavy atom. The molecule has 1 N–H and O–H groups in total. The van der Waals surface area contributed by atoms with E-state index in [1.165, 1.54) is 12.1 Å². The van der Waals surface area contributed by atoms with Crippen molar-refractivity contribution in [3.63, 3.8) is 0 Å². The normalized spacial score (nSPS) is 27.7. The molecule has 1 fully saturated rings. The van der Waals surface area contributed by atoms with Crippen LogP contribution in [0, 0.1) is 17.0 Å². The molecule has 0 amide bonds. The van der Waals surface area contributed by atoms with Gasteiger partial charge in [0.1, 0.15) is 11.6 Å². The van der Waals surface area contributed by atoms with E-state index < -0.39 is 11.6 Å². The summed E-state index contributed by atoms with van der Waals surface area (Å²) in [6.45, 7) is 3.49. The molecule has 1 heterocycles. The summed E-state index contributed by atoms with van der Waals surface area (Å²) in [4.78, 5) is 0. The highest BCUT2D eigenvalue weighted by atomic mass is 19.1. The molecule has 1 aromatic rings. The fourth-order valence-corrected chi connectivity index (χ4v) is 2.74. The smallest absolute Gasteiger partial charge is 0.129 e. The molecule has 18 heavy (non-hydrogen) atoms. The first-order chi connectivity index (χ1) is 8.57. The molecule has 1 saturated heterocycles. The van der Waals surface area contributed by atoms with E-state index in [0.717, 1.165) is 19.0 Å². The molecule has 100 valence electrons. The summed E-state index contributed by atoms with van der Waals surface area (Å²) < 4.78 is 32.3. The Morgan fingerprint density at radius 3 is 2.78 bits per heavy atom. The van der Waals surface area contributed by atoms with Crippen LogP contribution in [0.5, 0.6) is 0 Å². The quantitative estimate of drug-likeness (QED) is 0.892. The van der Waals surface area contributed by atoms with Crippen molar-refractivity contribution in [2.24, 2.45) is 5.41 Å². The second kappa shape index (κ2) is 5.33. The van der Waals surface area contributed by atoms with E-state index in [1.54, 1.807) is 0 Å². The van der Waals surface area contributed by atoms with Gasteiger partial charge >= 0.3 is 0 Å². The SMILES string of the molecule is CNCC1(Cc2ccc(F)cc2F)CCOC1C. The zero-order valence-corrected chi connectivity index (χ0v) is 10.8. The van der Waals surface area contributed by atoms with Gasteiger partial charge in [-0.3, -0.25) is 0 Å². The molecule has 0 spiro atoms. The Kier molecular flexibility index (Phi) is 3.97. The third-order valence-corrected chi connectivity index (χ3v) is 3.92. The van der Waals surface area contributed by atoms with Crippen LogP contribution in [0.1, 0.15) is 18.9 Å². The minimum absolute atomic E-state index is 0.0782. The Labute approximate surface area is 106 Å². The van der Waals surface area contributed by atoms with E-state index in [0.29, 0.717) is 18.6 Å². The predicted octanol–water partition coefficient (Wildman–Crippen LogP) is 2.52. The third kappa shape index (κ3) is 2.54. The van der Waals surface area contributed by atoms with Gasteiger partial charge in [-0.25, -0.2) is 8.78 Å². The van der Waals surface area contributed by atoms with Crippen LogP contribution in [0.4, 0.5) is 8.78 Å². The maximum absolute atomic E-state index is 13.7. The van der Waals surface area contributed by atoms with Crippen LogP contribution in [0.2, 0.25) is 0 Å². The average Bonchev–Trinajstić information content (AvgIpc) is 2.65. The van der Waals surface area contributed by atoms with Crippen molar-refractivity contribution in [2.45, 2.75) is 25.9 Å². The van der Waals surface area contributed by atoms with E-state index in [-0.39, 0.29) is 11.5 Å². The van der Waals surface area contributed by atoms with Gasteiger partial charge in [0.2, 0.25) is 0 Å². The number of ether oxygens (including phenoxy) is 1. The largest absolute Gasteiger partial charge is 0.378 e. The number of rotatable bonds is 4. The summed E-state index contributed by atoms with van der Waals surface area (Å²) >= 11 is 0. The number of hydrogen-bond donors (Lipinski definition) is 1. The number of halogens is 2. The maximum Gasteiger partial charge on any atom is 0.129 e. The van der Waals surface area contributed by atoms with Crippen molar-refractivity contribution in [3.05, 3.63) is 35.4 Å². The van der Waals surface area contributed by atoms with Crippen molar-refractivity contribution < 1.29 is 13.5 Å². The fourth-order valence-electron chi connectivity index (χ4n) is 2.74. The zero-order chi connectivity index (χ0) is 13.2. The van der Waals surface area contributed by atoms with Crippen LogP contribution >= 0.6 is 0 Å². The second-order valence-corrected chi connectivity index (χ2v) is 5.07. The van der Waals surface area contributed by atoms with Gasteiger partial charge in [0.05, 0.1) is 6.10 Å². The van der Waals surface area contributed by atoms with Crippen molar-refractivity contribution in [1.82, 2.24) is 5.32 Å². The molecule has 0 radical (unpaired) electrons. The summed E-state index contributed by atoms with van der Waals surface area (Å²) in [6.07, 6.45) is 1.54. The van der Waals surface area contributed by atoms with Crippen molar-refractivity contribution in [3.8, 4) is 0 Å². The Balaban J connectivity index is 2.23. The van der Waals surface area contributed by atoms with Crippen LogP contribution in [0.3, 0.4) is 0 Å². The van der Waals surface area contributed by atoms with Crippen LogP contribution in [0.25, 0.3) is 0 Å². The van der Waals surface area contributed by atoms with Crippen LogP contribution < -0.4 is 5.32 Å². The summed E-state index contributed by atoms with van der Waals surface area (Å²) in [5.41, 5.74) is 0.456. The van der Waals surface area contributed by atoms with Gasteiger partial charge in [-0.2, -0.15) is 0 Å². The minimum atomic E-state index is -0.533. The molecule has 0 bridgehead atoms. The monoisotopic (exact) mass is 255 g/mol. The van der Waals surface area contributed by atoms with Gasteiger partial charge in [-0.05, 0) is 38.4 Å². The summed E-state index contributed by atoms with van der Waals surface area (Å²) in [6, 6.07) is 3.79. The van der Waals surface area contributed by atoms with E-state index in [2.05, 4.69) is 5.32 Å². The van der Waals surface area contributed by atoms with E-state index >= 15 is 0 Å². The molecule has 1 aliphatic rings. The molecular formula is C14H19F2NO. The predicted molar refractivity (Wildman–Crippen MR) is 66.5 cm³/mol. The first-order valence-corrected chi connectivity index (χ1v) is 6.27. The molecule has 0 saturated carbocycles. The van der Waals surface area contributed by atoms with Gasteiger partial charge < -0.3 is 10.1 Å². The molecule has 0 aliphatic carbocycles. The Bertz CT molecular complexity index is 424. The van der Waals surface area contributed by atoms with E-state index in [1.807, 2.05) is 14.0 Å². The topological polar surface area (TPSA) is 21.3 Å². The van der Waals surface area contributed by atoms with Gasteiger partial charge in [0, 0.05) is 24.6 Å². The maximum atomic E-state index is 13.7. The highest BCUT2D eigenvalue weighted by Gasteiger charge is 2.41. The highest BCUT2D eigenvalue weighted by Crippen LogP contribution is 2.38. The van der Waals surface area contributed by atoms with Gasteiger partial charge in [0.15, 0.2) is 0 Å². The first kappa shape index (κ1) is 13.4. The zero-order valence-electron chi connectivity index (χ0n) is 10.8. The number of hydrogen-bond acceptors (Lipinski definition) is 2. The Morgan fingerprint density at radius 1 is 1.44 bits per heavy atom. The van der Waals surface area contributed by atoms with E-state index in [9.17, 15) is 8.78 Å². The molecule has 1 aliphatic heterocycles. The molecule has 2 unspecified atom stereocenters. The molecular weight excluding hydrogens is 236 g/mol. The molecule has 4 heteroatoms. The lowest BCUT2D eigenvalue weighted by Crippen LogP contribution is -2.40. The molecule has 0 aromatic heterocycles. The first-order valence-electron chi connectivity index (χ1n) is 6.27. The lowest BCUT2D eigenvalue weighted by molar-refractivity contribution is 0.0636. The van der Waals surface area contributed by atoms with Gasteiger partial charge in [-0.1, -0.05) is 6.07 Å². The molecule has 2 atom stereocenters. The standard InChI is InChI=1S/C14H19F2NO/c1-10-14(9-17-2,5-6-18-10)8-11-3-4-12(15)7-13(11)16/h3-4,7,10,17H,5-6,8-9H2,1-2H3. The molecule has 1 aromatic carbocycles. The number of nitrogens with one attached hydrogen (secondary N) is 1.